The number of hydrogen-bond acceptors (Lipinski definition) is 2. The van der Waals surface area contributed by atoms with E-state index in [1.54, 1.807) is 12.1 Å². The van der Waals surface area contributed by atoms with Gasteiger partial charge in [-0.25, -0.2) is 4.39 Å². The maximum atomic E-state index is 13.1. The van der Waals surface area contributed by atoms with Gasteiger partial charge in [-0.15, -0.1) is 0 Å². The summed E-state index contributed by atoms with van der Waals surface area (Å²) in [4.78, 5) is 2.38. The second-order valence-corrected chi connectivity index (χ2v) is 3.95. The molecule has 2 nitrogen and oxygen atoms in total. The van der Waals surface area contributed by atoms with Crippen molar-refractivity contribution in [2.45, 2.75) is 13.0 Å². The van der Waals surface area contributed by atoms with E-state index in [1.165, 1.54) is 6.07 Å². The summed E-state index contributed by atoms with van der Waals surface area (Å²) in [6.45, 7) is 6.26. The summed E-state index contributed by atoms with van der Waals surface area (Å²) in [7, 11) is 0. The highest BCUT2D eigenvalue weighted by Gasteiger charge is 2.19. The third-order valence-electron chi connectivity index (χ3n) is 2.96. The summed E-state index contributed by atoms with van der Waals surface area (Å²) in [5.41, 5.74) is 1.05. The predicted octanol–water partition coefficient (Wildman–Crippen LogP) is 1.79. The second-order valence-electron chi connectivity index (χ2n) is 3.95. The van der Waals surface area contributed by atoms with E-state index >= 15 is 0 Å². The van der Waals surface area contributed by atoms with Crippen molar-refractivity contribution in [2.75, 3.05) is 26.2 Å². The van der Waals surface area contributed by atoms with Gasteiger partial charge >= 0.3 is 0 Å². The first-order chi connectivity index (χ1) is 7.29. The Balaban J connectivity index is 2.09. The van der Waals surface area contributed by atoms with Crippen LogP contribution in [-0.4, -0.2) is 31.1 Å². The van der Waals surface area contributed by atoms with Crippen LogP contribution in [0.5, 0.6) is 0 Å². The molecule has 0 bridgehead atoms. The Morgan fingerprint density at radius 1 is 1.53 bits per heavy atom. The zero-order chi connectivity index (χ0) is 10.7. The van der Waals surface area contributed by atoms with Crippen LogP contribution < -0.4 is 5.32 Å². The molecule has 1 fully saturated rings. The Morgan fingerprint density at radius 3 is 3.13 bits per heavy atom. The van der Waals surface area contributed by atoms with Crippen molar-refractivity contribution in [3.8, 4) is 0 Å². The van der Waals surface area contributed by atoms with E-state index in [0.717, 1.165) is 31.7 Å². The molecular formula is C12H17FN2. The normalized spacial score (nSPS) is 22.9. The average molecular weight is 208 g/mol. The fourth-order valence-corrected chi connectivity index (χ4v) is 2.04. The number of rotatable bonds is 2. The first kappa shape index (κ1) is 10.6. The Kier molecular flexibility index (Phi) is 3.34. The van der Waals surface area contributed by atoms with E-state index in [4.69, 9.17) is 0 Å². The van der Waals surface area contributed by atoms with E-state index in [0.29, 0.717) is 0 Å². The van der Waals surface area contributed by atoms with Gasteiger partial charge in [-0.2, -0.15) is 0 Å². The third kappa shape index (κ3) is 2.55. The molecule has 0 aromatic heterocycles. The minimum atomic E-state index is -0.150. The van der Waals surface area contributed by atoms with Crippen LogP contribution in [-0.2, 0) is 0 Å². The Bertz CT molecular complexity index is 327. The van der Waals surface area contributed by atoms with E-state index < -0.39 is 0 Å². The third-order valence-corrected chi connectivity index (χ3v) is 2.96. The van der Waals surface area contributed by atoms with Gasteiger partial charge in [-0.05, 0) is 24.2 Å². The number of halogens is 1. The van der Waals surface area contributed by atoms with Crippen molar-refractivity contribution in [2.24, 2.45) is 0 Å². The van der Waals surface area contributed by atoms with Gasteiger partial charge in [0.1, 0.15) is 5.82 Å². The van der Waals surface area contributed by atoms with Gasteiger partial charge in [0.2, 0.25) is 0 Å². The fraction of sp³-hybridized carbons (Fsp3) is 0.500. The maximum absolute atomic E-state index is 13.1. The van der Waals surface area contributed by atoms with Crippen LogP contribution in [0.3, 0.4) is 0 Å². The van der Waals surface area contributed by atoms with Crippen LogP contribution in [0.2, 0.25) is 0 Å². The smallest absolute Gasteiger partial charge is 0.123 e. The van der Waals surface area contributed by atoms with E-state index in [2.05, 4.69) is 17.1 Å². The largest absolute Gasteiger partial charge is 0.308 e. The molecule has 1 aliphatic heterocycles. The van der Waals surface area contributed by atoms with Gasteiger partial charge < -0.3 is 10.2 Å². The molecule has 1 saturated heterocycles. The highest BCUT2D eigenvalue weighted by molar-refractivity contribution is 5.21. The number of likely N-dealkylation sites (N-methyl/N-ethyl adjacent to an activating group) is 1. The van der Waals surface area contributed by atoms with Gasteiger partial charge in [0.15, 0.2) is 0 Å². The van der Waals surface area contributed by atoms with Crippen LogP contribution in [0, 0.1) is 5.82 Å². The topological polar surface area (TPSA) is 15.3 Å². The standard InChI is InChI=1S/C12H17FN2/c1-2-15-7-6-14-12(9-15)10-4-3-5-11(13)8-10/h3-5,8,12,14H,2,6-7,9H2,1H3. The summed E-state index contributed by atoms with van der Waals surface area (Å²) in [5, 5.41) is 3.42. The van der Waals surface area contributed by atoms with Crippen molar-refractivity contribution in [1.29, 1.82) is 0 Å². The lowest BCUT2D eigenvalue weighted by molar-refractivity contribution is 0.210. The molecule has 1 atom stereocenters. The Labute approximate surface area is 90.1 Å². The molecule has 0 saturated carbocycles. The first-order valence-corrected chi connectivity index (χ1v) is 5.51. The molecule has 15 heavy (non-hydrogen) atoms. The number of hydrogen-bond donors (Lipinski definition) is 1. The number of piperazine rings is 1. The van der Waals surface area contributed by atoms with Crippen molar-refractivity contribution in [3.63, 3.8) is 0 Å². The zero-order valence-corrected chi connectivity index (χ0v) is 9.04. The SMILES string of the molecule is CCN1CCNC(c2cccc(F)c2)C1. The molecule has 82 valence electrons. The van der Waals surface area contributed by atoms with Crippen LogP contribution in [0.25, 0.3) is 0 Å². The van der Waals surface area contributed by atoms with E-state index in [1.807, 2.05) is 6.07 Å². The summed E-state index contributed by atoms with van der Waals surface area (Å²) >= 11 is 0. The van der Waals surface area contributed by atoms with Gasteiger partial charge in [0.05, 0.1) is 0 Å². The molecule has 3 heteroatoms. The lowest BCUT2D eigenvalue weighted by Crippen LogP contribution is -2.45. The van der Waals surface area contributed by atoms with E-state index in [-0.39, 0.29) is 11.9 Å². The molecule has 1 heterocycles. The van der Waals surface area contributed by atoms with Gasteiger partial charge in [-0.1, -0.05) is 19.1 Å². The average Bonchev–Trinajstić information content (AvgIpc) is 2.29. The summed E-state index contributed by atoms with van der Waals surface area (Å²) in [6, 6.07) is 7.15. The minimum Gasteiger partial charge on any atom is -0.308 e. The van der Waals surface area contributed by atoms with Crippen LogP contribution in [0.15, 0.2) is 24.3 Å². The minimum absolute atomic E-state index is 0.150. The van der Waals surface area contributed by atoms with Crippen LogP contribution >= 0.6 is 0 Å². The Hall–Kier alpha value is -0.930. The number of nitrogens with zero attached hydrogens (tertiary/aromatic N) is 1. The lowest BCUT2D eigenvalue weighted by Gasteiger charge is -2.33. The van der Waals surface area contributed by atoms with Gasteiger partial charge in [0, 0.05) is 25.7 Å². The Morgan fingerprint density at radius 2 is 2.40 bits per heavy atom. The van der Waals surface area contributed by atoms with E-state index in [9.17, 15) is 4.39 Å². The fourth-order valence-electron chi connectivity index (χ4n) is 2.04. The summed E-state index contributed by atoms with van der Waals surface area (Å²) < 4.78 is 13.1. The quantitative estimate of drug-likeness (QED) is 0.797. The molecule has 1 aliphatic rings. The summed E-state index contributed by atoms with van der Waals surface area (Å²) in [5.74, 6) is -0.150. The van der Waals surface area contributed by atoms with Crippen molar-refractivity contribution in [3.05, 3.63) is 35.6 Å². The molecule has 0 aliphatic carbocycles. The van der Waals surface area contributed by atoms with Gasteiger partial charge in [-0.3, -0.25) is 0 Å². The maximum Gasteiger partial charge on any atom is 0.123 e. The highest BCUT2D eigenvalue weighted by Crippen LogP contribution is 2.17. The first-order valence-electron chi connectivity index (χ1n) is 5.51. The number of benzene rings is 1. The molecule has 1 N–H and O–H groups in total. The predicted molar refractivity (Wildman–Crippen MR) is 59.3 cm³/mol. The van der Waals surface area contributed by atoms with Gasteiger partial charge in [0.25, 0.3) is 0 Å². The van der Waals surface area contributed by atoms with Crippen LogP contribution in [0.1, 0.15) is 18.5 Å². The van der Waals surface area contributed by atoms with Crippen molar-refractivity contribution in [1.82, 2.24) is 10.2 Å². The van der Waals surface area contributed by atoms with Crippen molar-refractivity contribution >= 4 is 0 Å². The molecule has 0 spiro atoms. The molecule has 0 radical (unpaired) electrons. The zero-order valence-electron chi connectivity index (χ0n) is 9.04. The molecular weight excluding hydrogens is 191 g/mol. The molecule has 1 unspecified atom stereocenters. The number of nitrogens with one attached hydrogen (secondary N) is 1. The second kappa shape index (κ2) is 4.73. The van der Waals surface area contributed by atoms with Crippen LogP contribution in [0.4, 0.5) is 4.39 Å². The lowest BCUT2D eigenvalue weighted by atomic mass is 10.0. The summed E-state index contributed by atoms with van der Waals surface area (Å²) in [6.07, 6.45) is 0. The molecule has 1 aromatic rings. The highest BCUT2D eigenvalue weighted by atomic mass is 19.1. The molecule has 2 rings (SSSR count). The monoisotopic (exact) mass is 208 g/mol. The molecule has 0 amide bonds. The van der Waals surface area contributed by atoms with Crippen molar-refractivity contribution < 1.29 is 4.39 Å². The molecule has 1 aromatic carbocycles.